The molecule has 0 bridgehead atoms. The summed E-state index contributed by atoms with van der Waals surface area (Å²) < 4.78 is 0. The lowest BCUT2D eigenvalue weighted by molar-refractivity contribution is -0.359. The largest absolute Gasteiger partial charge is 0.507 e. The number of ketones is 2. The molecule has 4 nitrogen and oxygen atoms in total. The normalized spacial score (nSPS) is 20.6. The van der Waals surface area contributed by atoms with E-state index in [0.29, 0.717) is 16.8 Å². The van der Waals surface area contributed by atoms with Gasteiger partial charge in [-0.05, 0) is 18.6 Å². The monoisotopic (exact) mass is 360 g/mol. The number of carbonyl (C=O) groups is 2. The van der Waals surface area contributed by atoms with E-state index in [4.69, 9.17) is 0 Å². The zero-order valence-corrected chi connectivity index (χ0v) is 14.7. The number of rotatable bonds is 0. The van der Waals surface area contributed by atoms with E-state index < -0.39 is 5.92 Å². The second-order valence-electron chi connectivity index (χ2n) is 6.62. The van der Waals surface area contributed by atoms with Crippen LogP contribution in [0.1, 0.15) is 21.5 Å². The predicted molar refractivity (Wildman–Crippen MR) is 99.6 cm³/mol. The fourth-order valence-corrected chi connectivity index (χ4v) is 4.88. The first-order valence-corrected chi connectivity index (χ1v) is 9.12. The van der Waals surface area contributed by atoms with E-state index in [1.165, 1.54) is 17.8 Å². The van der Waals surface area contributed by atoms with Gasteiger partial charge in [-0.15, -0.1) is 0 Å². The van der Waals surface area contributed by atoms with Crippen molar-refractivity contribution in [1.29, 1.82) is 0 Å². The van der Waals surface area contributed by atoms with Crippen LogP contribution in [-0.2, 0) is 4.79 Å². The molecule has 1 heterocycles. The van der Waals surface area contributed by atoms with Crippen molar-refractivity contribution in [3.63, 3.8) is 0 Å². The fourth-order valence-electron chi connectivity index (χ4n) is 3.72. The lowest BCUT2D eigenvalue weighted by atomic mass is 9.74. The van der Waals surface area contributed by atoms with E-state index in [2.05, 4.69) is 11.1 Å². The second-order valence-corrected chi connectivity index (χ2v) is 7.70. The lowest BCUT2D eigenvalue weighted by Crippen LogP contribution is -2.71. The van der Waals surface area contributed by atoms with Crippen LogP contribution in [0, 0.1) is 12.8 Å². The third-order valence-electron chi connectivity index (χ3n) is 4.96. The first-order chi connectivity index (χ1) is 12.5. The SMILES string of the molecule is Cc1ccc2c(c1)SC1=CC(=O)C3=C(O)c4ccccc4C(=O)C3C1=[NH+]2. The highest BCUT2D eigenvalue weighted by molar-refractivity contribution is 8.04. The van der Waals surface area contributed by atoms with Crippen LogP contribution in [0.15, 0.2) is 63.9 Å². The highest BCUT2D eigenvalue weighted by Crippen LogP contribution is 2.43. The molecule has 2 aliphatic carbocycles. The molecule has 3 aliphatic rings. The number of aliphatic hydroxyl groups is 1. The summed E-state index contributed by atoms with van der Waals surface area (Å²) in [6, 6.07) is 12.9. The molecule has 0 fully saturated rings. The van der Waals surface area contributed by atoms with E-state index >= 15 is 0 Å². The van der Waals surface area contributed by atoms with Crippen molar-refractivity contribution in [3.8, 4) is 0 Å². The number of aryl methyl sites for hydroxylation is 1. The molecule has 0 radical (unpaired) electrons. The average Bonchev–Trinajstić information content (AvgIpc) is 2.64. The Kier molecular flexibility index (Phi) is 3.12. The van der Waals surface area contributed by atoms with Gasteiger partial charge in [-0.3, -0.25) is 9.59 Å². The summed E-state index contributed by atoms with van der Waals surface area (Å²) in [5.74, 6) is -1.36. The van der Waals surface area contributed by atoms with Crippen LogP contribution < -0.4 is 4.99 Å². The molecule has 5 rings (SSSR count). The molecular formula is C21H14NO3S+. The fraction of sp³-hybridized carbons (Fsp3) is 0.0952. The molecular weight excluding hydrogens is 346 g/mol. The molecule has 0 aromatic heterocycles. The van der Waals surface area contributed by atoms with E-state index in [-0.39, 0.29) is 22.9 Å². The third-order valence-corrected chi connectivity index (χ3v) is 6.08. The Morgan fingerprint density at radius 3 is 2.65 bits per heavy atom. The van der Waals surface area contributed by atoms with Crippen molar-refractivity contribution < 1.29 is 19.7 Å². The highest BCUT2D eigenvalue weighted by atomic mass is 32.2. The molecule has 1 atom stereocenters. The number of aliphatic hydroxyl groups excluding tert-OH is 1. The van der Waals surface area contributed by atoms with Crippen molar-refractivity contribution in [3.05, 3.63) is 75.7 Å². The van der Waals surface area contributed by atoms with Crippen LogP contribution in [-0.4, -0.2) is 22.4 Å². The topological polar surface area (TPSA) is 68.3 Å². The summed E-state index contributed by atoms with van der Waals surface area (Å²) in [6.45, 7) is 2.01. The van der Waals surface area contributed by atoms with Gasteiger partial charge in [0.2, 0.25) is 11.4 Å². The Morgan fingerprint density at radius 2 is 1.85 bits per heavy atom. The maximum absolute atomic E-state index is 13.2. The summed E-state index contributed by atoms with van der Waals surface area (Å²) in [5, 5.41) is 10.7. The van der Waals surface area contributed by atoms with Crippen LogP contribution in [0.3, 0.4) is 0 Å². The van der Waals surface area contributed by atoms with Gasteiger partial charge in [-0.25, -0.2) is 4.99 Å². The quantitative estimate of drug-likeness (QED) is 0.757. The zero-order chi connectivity index (χ0) is 18.0. The number of hydrogen-bond donors (Lipinski definition) is 2. The zero-order valence-electron chi connectivity index (χ0n) is 13.9. The Balaban J connectivity index is 1.77. The van der Waals surface area contributed by atoms with Crippen molar-refractivity contribution in [2.45, 2.75) is 11.8 Å². The number of thioether (sulfide) groups is 1. The molecule has 0 saturated heterocycles. The van der Waals surface area contributed by atoms with Crippen molar-refractivity contribution in [2.75, 3.05) is 0 Å². The summed E-state index contributed by atoms with van der Waals surface area (Å²) >= 11 is 1.48. The van der Waals surface area contributed by atoms with Crippen molar-refractivity contribution >= 4 is 40.5 Å². The van der Waals surface area contributed by atoms with Crippen LogP contribution in [0.5, 0.6) is 0 Å². The lowest BCUT2D eigenvalue weighted by Gasteiger charge is -2.29. The summed E-state index contributed by atoms with van der Waals surface area (Å²) in [5.41, 5.74) is 3.75. The van der Waals surface area contributed by atoms with Gasteiger partial charge in [-0.2, -0.15) is 0 Å². The van der Waals surface area contributed by atoms with Gasteiger partial charge in [0.25, 0.3) is 0 Å². The van der Waals surface area contributed by atoms with Crippen LogP contribution in [0.2, 0.25) is 0 Å². The third kappa shape index (κ3) is 2.01. The van der Waals surface area contributed by atoms with Gasteiger partial charge < -0.3 is 5.11 Å². The summed E-state index contributed by atoms with van der Waals surface area (Å²) in [4.78, 5) is 31.0. The van der Waals surface area contributed by atoms with Gasteiger partial charge in [0.05, 0.1) is 15.4 Å². The molecule has 1 unspecified atom stereocenters. The molecule has 126 valence electrons. The maximum atomic E-state index is 13.2. The Labute approximate surface area is 154 Å². The van der Waals surface area contributed by atoms with Crippen LogP contribution in [0.25, 0.3) is 5.76 Å². The van der Waals surface area contributed by atoms with Gasteiger partial charge in [0.15, 0.2) is 11.6 Å². The number of carbonyl (C=O) groups excluding carboxylic acids is 2. The molecule has 2 N–H and O–H groups in total. The molecule has 2 aromatic carbocycles. The van der Waals surface area contributed by atoms with Crippen molar-refractivity contribution in [2.24, 2.45) is 5.92 Å². The number of benzene rings is 2. The molecule has 5 heteroatoms. The Hall–Kier alpha value is -2.92. The molecule has 2 aromatic rings. The summed E-state index contributed by atoms with van der Waals surface area (Å²) in [7, 11) is 0. The van der Waals surface area contributed by atoms with E-state index in [1.807, 2.05) is 19.1 Å². The van der Waals surface area contributed by atoms with Crippen LogP contribution in [0.4, 0.5) is 5.69 Å². The Bertz CT molecular complexity index is 1120. The predicted octanol–water partition coefficient (Wildman–Crippen LogP) is 2.50. The average molecular weight is 360 g/mol. The van der Waals surface area contributed by atoms with Crippen molar-refractivity contribution in [1.82, 2.24) is 0 Å². The van der Waals surface area contributed by atoms with Gasteiger partial charge >= 0.3 is 0 Å². The number of fused-ring (bicyclic) bond motifs is 5. The minimum atomic E-state index is -0.792. The summed E-state index contributed by atoms with van der Waals surface area (Å²) in [6.07, 6.45) is 1.52. The maximum Gasteiger partial charge on any atom is 0.217 e. The molecule has 1 aliphatic heterocycles. The second kappa shape index (κ2) is 5.29. The van der Waals surface area contributed by atoms with E-state index in [9.17, 15) is 14.7 Å². The minimum absolute atomic E-state index is 0.0977. The molecule has 26 heavy (non-hydrogen) atoms. The number of Topliss-reactive ketones (excluding diaryl/α,β-unsaturated/α-hetero) is 1. The van der Waals surface area contributed by atoms with Gasteiger partial charge in [0.1, 0.15) is 11.7 Å². The van der Waals surface area contributed by atoms with Gasteiger partial charge in [-0.1, -0.05) is 42.1 Å². The molecule has 0 spiro atoms. The minimum Gasteiger partial charge on any atom is -0.507 e. The van der Waals surface area contributed by atoms with E-state index in [1.54, 1.807) is 24.3 Å². The highest BCUT2D eigenvalue weighted by Gasteiger charge is 2.48. The van der Waals surface area contributed by atoms with E-state index in [0.717, 1.165) is 21.1 Å². The first kappa shape index (κ1) is 15.3. The van der Waals surface area contributed by atoms with Gasteiger partial charge in [0, 0.05) is 23.3 Å². The Morgan fingerprint density at radius 1 is 1.08 bits per heavy atom. The molecule has 0 amide bonds. The first-order valence-electron chi connectivity index (χ1n) is 8.30. The molecule has 0 saturated carbocycles. The standard InChI is InChI=1S/C21H13NO3S/c1-10-6-7-13-15(8-10)26-16-9-14(23)17-18(19(16)22-13)21(25)12-5-3-2-4-11(12)20(17)24/h2-9,18,24H,1H3/p+1. The number of nitrogens with one attached hydrogen (secondary N) is 1. The van der Waals surface area contributed by atoms with Crippen LogP contribution >= 0.6 is 11.8 Å². The number of hydrogen-bond acceptors (Lipinski definition) is 4. The number of allylic oxidation sites excluding steroid dienone is 3. The smallest absolute Gasteiger partial charge is 0.217 e.